The van der Waals surface area contributed by atoms with Gasteiger partial charge >= 0.3 is 0 Å². The molecule has 0 aromatic heterocycles. The third-order valence-electron chi connectivity index (χ3n) is 4.06. The summed E-state index contributed by atoms with van der Waals surface area (Å²) in [6.45, 7) is 6.48. The van der Waals surface area contributed by atoms with Crippen molar-refractivity contribution in [3.05, 3.63) is 29.8 Å². The van der Waals surface area contributed by atoms with Crippen molar-refractivity contribution in [1.82, 2.24) is 5.32 Å². The second kappa shape index (κ2) is 8.31. The number of nitrogens with one attached hydrogen (secondary N) is 1. The van der Waals surface area contributed by atoms with Gasteiger partial charge in [0, 0.05) is 6.04 Å². The first kappa shape index (κ1) is 15.4. The Hall–Kier alpha value is -1.02. The highest BCUT2D eigenvalue weighted by atomic mass is 16.5. The maximum atomic E-state index is 5.76. The minimum Gasteiger partial charge on any atom is -0.494 e. The number of unbranched alkanes of at least 4 members (excludes halogenated alkanes) is 2. The van der Waals surface area contributed by atoms with Gasteiger partial charge in [0.05, 0.1) is 6.61 Å². The summed E-state index contributed by atoms with van der Waals surface area (Å²) in [5.41, 5.74) is 1.38. The van der Waals surface area contributed by atoms with Crippen LogP contribution in [0.3, 0.4) is 0 Å². The monoisotopic (exact) mass is 275 g/mol. The lowest BCUT2D eigenvalue weighted by Gasteiger charge is -2.17. The van der Waals surface area contributed by atoms with Crippen molar-refractivity contribution in [2.45, 2.75) is 58.4 Å². The largest absolute Gasteiger partial charge is 0.494 e. The second-order valence-electron chi connectivity index (χ2n) is 5.94. The van der Waals surface area contributed by atoms with Crippen molar-refractivity contribution in [1.29, 1.82) is 0 Å². The molecule has 0 spiro atoms. The molecule has 0 bridgehead atoms. The molecule has 2 nitrogen and oxygen atoms in total. The molecule has 1 aliphatic carbocycles. The van der Waals surface area contributed by atoms with E-state index in [9.17, 15) is 0 Å². The van der Waals surface area contributed by atoms with Gasteiger partial charge in [-0.2, -0.15) is 0 Å². The summed E-state index contributed by atoms with van der Waals surface area (Å²) in [5, 5.41) is 3.69. The fourth-order valence-electron chi connectivity index (χ4n) is 2.47. The number of hydrogen-bond donors (Lipinski definition) is 1. The van der Waals surface area contributed by atoms with Crippen LogP contribution in [0.4, 0.5) is 0 Å². The van der Waals surface area contributed by atoms with Crippen molar-refractivity contribution in [2.75, 3.05) is 13.2 Å². The third-order valence-corrected chi connectivity index (χ3v) is 4.06. The van der Waals surface area contributed by atoms with Gasteiger partial charge in [0.15, 0.2) is 0 Å². The quantitative estimate of drug-likeness (QED) is 0.625. The fourth-order valence-corrected chi connectivity index (χ4v) is 2.47. The molecule has 0 radical (unpaired) electrons. The normalized spacial score (nSPS) is 16.1. The van der Waals surface area contributed by atoms with E-state index in [0.29, 0.717) is 6.04 Å². The molecule has 2 heteroatoms. The Labute approximate surface area is 123 Å². The Kier molecular flexibility index (Phi) is 6.38. The first-order valence-electron chi connectivity index (χ1n) is 8.29. The van der Waals surface area contributed by atoms with Crippen LogP contribution in [0.1, 0.15) is 64.0 Å². The van der Waals surface area contributed by atoms with Crippen molar-refractivity contribution >= 4 is 0 Å². The first-order valence-corrected chi connectivity index (χ1v) is 8.29. The lowest BCUT2D eigenvalue weighted by molar-refractivity contribution is 0.306. The van der Waals surface area contributed by atoms with E-state index in [1.165, 1.54) is 37.8 Å². The molecular formula is C18H29NO. The van der Waals surface area contributed by atoms with E-state index in [4.69, 9.17) is 4.74 Å². The van der Waals surface area contributed by atoms with Crippen molar-refractivity contribution in [3.8, 4) is 5.75 Å². The highest BCUT2D eigenvalue weighted by molar-refractivity contribution is 5.29. The third kappa shape index (κ3) is 5.16. The molecule has 1 atom stereocenters. The predicted molar refractivity (Wildman–Crippen MR) is 85.2 cm³/mol. The van der Waals surface area contributed by atoms with Crippen LogP contribution in [0.2, 0.25) is 0 Å². The summed E-state index contributed by atoms with van der Waals surface area (Å²) in [7, 11) is 0. The van der Waals surface area contributed by atoms with Gasteiger partial charge in [-0.05, 0) is 55.8 Å². The molecular weight excluding hydrogens is 246 g/mol. The van der Waals surface area contributed by atoms with Crippen LogP contribution in [0.5, 0.6) is 5.75 Å². The Balaban J connectivity index is 1.78. The molecule has 2 rings (SSSR count). The van der Waals surface area contributed by atoms with Crippen molar-refractivity contribution in [3.63, 3.8) is 0 Å². The molecule has 1 fully saturated rings. The van der Waals surface area contributed by atoms with Crippen LogP contribution in [-0.4, -0.2) is 13.2 Å². The Morgan fingerprint density at radius 3 is 2.50 bits per heavy atom. The summed E-state index contributed by atoms with van der Waals surface area (Å²) in [6.07, 6.45) is 7.61. The second-order valence-corrected chi connectivity index (χ2v) is 5.94. The highest BCUT2D eigenvalue weighted by Crippen LogP contribution is 2.29. The molecule has 0 amide bonds. The lowest BCUT2D eigenvalue weighted by Crippen LogP contribution is -2.22. The van der Waals surface area contributed by atoms with Crippen LogP contribution in [0.25, 0.3) is 0 Å². The maximum absolute atomic E-state index is 5.76. The topological polar surface area (TPSA) is 21.3 Å². The minimum atomic E-state index is 0.491. The van der Waals surface area contributed by atoms with Gasteiger partial charge < -0.3 is 10.1 Å². The van der Waals surface area contributed by atoms with Crippen LogP contribution >= 0.6 is 0 Å². The van der Waals surface area contributed by atoms with E-state index in [1.807, 2.05) is 0 Å². The molecule has 112 valence electrons. The van der Waals surface area contributed by atoms with E-state index >= 15 is 0 Å². The summed E-state index contributed by atoms with van der Waals surface area (Å²) in [4.78, 5) is 0. The molecule has 0 saturated heterocycles. The van der Waals surface area contributed by atoms with Gasteiger partial charge in [-0.3, -0.25) is 0 Å². The Bertz CT molecular complexity index is 370. The predicted octanol–water partition coefficient (Wildman–Crippen LogP) is 4.71. The molecule has 0 aliphatic heterocycles. The van der Waals surface area contributed by atoms with Gasteiger partial charge in [-0.15, -0.1) is 0 Å². The Morgan fingerprint density at radius 1 is 1.15 bits per heavy atom. The summed E-state index contributed by atoms with van der Waals surface area (Å²) in [5.74, 6) is 1.94. The maximum Gasteiger partial charge on any atom is 0.119 e. The highest BCUT2D eigenvalue weighted by Gasteiger charge is 2.22. The molecule has 1 saturated carbocycles. The van der Waals surface area contributed by atoms with E-state index in [2.05, 4.69) is 43.4 Å². The molecule has 20 heavy (non-hydrogen) atoms. The zero-order valence-electron chi connectivity index (χ0n) is 13.0. The zero-order chi connectivity index (χ0) is 14.2. The molecule has 1 N–H and O–H groups in total. The van der Waals surface area contributed by atoms with Crippen LogP contribution in [-0.2, 0) is 0 Å². The zero-order valence-corrected chi connectivity index (χ0v) is 13.0. The number of rotatable bonds is 10. The number of benzene rings is 1. The SMILES string of the molecule is CCCCCOc1ccc(C(CC)NCC2CC2)cc1. The lowest BCUT2D eigenvalue weighted by atomic mass is 10.0. The minimum absolute atomic E-state index is 0.491. The number of ether oxygens (including phenoxy) is 1. The summed E-state index contributed by atoms with van der Waals surface area (Å²) in [6, 6.07) is 9.14. The average Bonchev–Trinajstić information content (AvgIpc) is 3.30. The smallest absolute Gasteiger partial charge is 0.119 e. The van der Waals surface area contributed by atoms with E-state index in [1.54, 1.807) is 0 Å². The van der Waals surface area contributed by atoms with Gasteiger partial charge in [0.2, 0.25) is 0 Å². The molecule has 1 aromatic carbocycles. The first-order chi connectivity index (χ1) is 9.83. The molecule has 1 aliphatic rings. The number of hydrogen-bond acceptors (Lipinski definition) is 2. The standard InChI is InChI=1S/C18H29NO/c1-3-5-6-13-20-17-11-9-16(10-12-17)18(4-2)19-14-15-7-8-15/h9-12,15,18-19H,3-8,13-14H2,1-2H3. The van der Waals surface area contributed by atoms with E-state index in [0.717, 1.165) is 31.1 Å². The van der Waals surface area contributed by atoms with Gasteiger partial charge in [-0.1, -0.05) is 38.8 Å². The van der Waals surface area contributed by atoms with Crippen LogP contribution in [0.15, 0.2) is 24.3 Å². The summed E-state index contributed by atoms with van der Waals surface area (Å²) < 4.78 is 5.76. The molecule has 1 unspecified atom stereocenters. The Morgan fingerprint density at radius 2 is 1.90 bits per heavy atom. The van der Waals surface area contributed by atoms with Crippen molar-refractivity contribution < 1.29 is 4.74 Å². The van der Waals surface area contributed by atoms with E-state index in [-0.39, 0.29) is 0 Å². The van der Waals surface area contributed by atoms with Crippen LogP contribution in [0, 0.1) is 5.92 Å². The molecule has 0 heterocycles. The fraction of sp³-hybridized carbons (Fsp3) is 0.667. The van der Waals surface area contributed by atoms with E-state index < -0.39 is 0 Å². The van der Waals surface area contributed by atoms with Gasteiger partial charge in [0.1, 0.15) is 5.75 Å². The average molecular weight is 275 g/mol. The molecule has 1 aromatic rings. The van der Waals surface area contributed by atoms with Crippen molar-refractivity contribution in [2.24, 2.45) is 5.92 Å². The van der Waals surface area contributed by atoms with Crippen LogP contribution < -0.4 is 10.1 Å². The van der Waals surface area contributed by atoms with Gasteiger partial charge in [0.25, 0.3) is 0 Å². The summed E-state index contributed by atoms with van der Waals surface area (Å²) >= 11 is 0. The van der Waals surface area contributed by atoms with Gasteiger partial charge in [-0.25, -0.2) is 0 Å².